The van der Waals surface area contributed by atoms with E-state index >= 15 is 0 Å². The minimum absolute atomic E-state index is 0.210. The van der Waals surface area contributed by atoms with Crippen LogP contribution in [0, 0.1) is 5.92 Å². The molecule has 1 aromatic rings. The van der Waals surface area contributed by atoms with E-state index in [-0.39, 0.29) is 6.09 Å². The van der Waals surface area contributed by atoms with Gasteiger partial charge < -0.3 is 14.4 Å². The summed E-state index contributed by atoms with van der Waals surface area (Å²) in [6.45, 7) is 7.79. The number of amides is 1. The van der Waals surface area contributed by atoms with Crippen molar-refractivity contribution in [2.75, 3.05) is 26.0 Å². The molecule has 0 spiro atoms. The Morgan fingerprint density at radius 2 is 2.19 bits per heavy atom. The van der Waals surface area contributed by atoms with E-state index in [1.165, 1.54) is 11.8 Å². The molecule has 2 rings (SSSR count). The lowest BCUT2D eigenvalue weighted by molar-refractivity contribution is 0.0159. The van der Waals surface area contributed by atoms with E-state index in [1.54, 1.807) is 6.07 Å². The number of hydrogen-bond acceptors (Lipinski definition) is 6. The Balaban J connectivity index is 1.74. The zero-order valence-corrected chi connectivity index (χ0v) is 17.5. The number of thioether (sulfide) groups is 1. The van der Waals surface area contributed by atoms with E-state index in [0.29, 0.717) is 28.7 Å². The molecule has 0 bridgehead atoms. The molecule has 0 unspecified atom stereocenters. The van der Waals surface area contributed by atoms with Crippen LogP contribution in [0.4, 0.5) is 4.79 Å². The first-order valence-corrected chi connectivity index (χ1v) is 10.6. The zero-order chi connectivity index (χ0) is 19.2. The molecule has 1 fully saturated rings. The van der Waals surface area contributed by atoms with Gasteiger partial charge in [-0.3, -0.25) is 0 Å². The standard InChI is InChI=1S/C18H28ClN3O3S/c1-18(2,3)25-17(23)22-9-5-7-13(12-22)8-6-10-24-15-11-14(19)20-16(21-15)26-4/h11,13H,5-10,12H2,1-4H3/t13-/m0/s1. The molecule has 0 radical (unpaired) electrons. The maximum Gasteiger partial charge on any atom is 0.410 e. The third kappa shape index (κ3) is 7.19. The molecule has 1 amide bonds. The maximum absolute atomic E-state index is 12.2. The molecular weight excluding hydrogens is 374 g/mol. The first-order valence-electron chi connectivity index (χ1n) is 8.96. The average molecular weight is 402 g/mol. The van der Waals surface area contributed by atoms with E-state index in [0.717, 1.165) is 38.8 Å². The molecule has 8 heteroatoms. The third-order valence-electron chi connectivity index (χ3n) is 4.01. The van der Waals surface area contributed by atoms with Gasteiger partial charge in [0.25, 0.3) is 0 Å². The second kappa shape index (κ2) is 9.65. The fourth-order valence-corrected chi connectivity index (χ4v) is 3.48. The summed E-state index contributed by atoms with van der Waals surface area (Å²) in [5.41, 5.74) is -0.452. The van der Waals surface area contributed by atoms with Crippen molar-refractivity contribution >= 4 is 29.5 Å². The molecule has 1 saturated heterocycles. The van der Waals surface area contributed by atoms with Gasteiger partial charge in [0.2, 0.25) is 5.88 Å². The van der Waals surface area contributed by atoms with Crippen LogP contribution in [0.3, 0.4) is 0 Å². The van der Waals surface area contributed by atoms with Crippen LogP contribution in [0.1, 0.15) is 46.5 Å². The molecular formula is C18H28ClN3O3S. The summed E-state index contributed by atoms with van der Waals surface area (Å²) < 4.78 is 11.2. The topological polar surface area (TPSA) is 64.5 Å². The van der Waals surface area contributed by atoms with Crippen LogP contribution >= 0.6 is 23.4 Å². The molecule has 1 aliphatic rings. The largest absolute Gasteiger partial charge is 0.478 e. The van der Waals surface area contributed by atoms with Crippen LogP contribution in [-0.4, -0.2) is 52.5 Å². The van der Waals surface area contributed by atoms with Crippen molar-refractivity contribution in [1.82, 2.24) is 14.9 Å². The van der Waals surface area contributed by atoms with Crippen molar-refractivity contribution in [2.45, 2.75) is 57.2 Å². The van der Waals surface area contributed by atoms with Crippen LogP contribution in [0.15, 0.2) is 11.2 Å². The Hall–Kier alpha value is -1.21. The van der Waals surface area contributed by atoms with Gasteiger partial charge in [0.1, 0.15) is 10.8 Å². The van der Waals surface area contributed by atoms with E-state index in [4.69, 9.17) is 21.1 Å². The van der Waals surface area contributed by atoms with Crippen LogP contribution in [-0.2, 0) is 4.74 Å². The molecule has 2 heterocycles. The first kappa shape index (κ1) is 21.1. The Kier molecular flexibility index (Phi) is 7.83. The van der Waals surface area contributed by atoms with E-state index < -0.39 is 5.60 Å². The van der Waals surface area contributed by atoms with Crippen molar-refractivity contribution < 1.29 is 14.3 Å². The summed E-state index contributed by atoms with van der Waals surface area (Å²) >= 11 is 7.39. The summed E-state index contributed by atoms with van der Waals surface area (Å²) in [4.78, 5) is 22.4. The molecule has 1 aliphatic heterocycles. The molecule has 0 N–H and O–H groups in total. The number of aromatic nitrogens is 2. The van der Waals surface area contributed by atoms with E-state index in [2.05, 4.69) is 9.97 Å². The minimum Gasteiger partial charge on any atom is -0.478 e. The second-order valence-corrected chi connectivity index (χ2v) is 8.60. The highest BCUT2D eigenvalue weighted by molar-refractivity contribution is 7.98. The summed E-state index contributed by atoms with van der Waals surface area (Å²) in [6, 6.07) is 1.63. The first-order chi connectivity index (χ1) is 12.3. The van der Waals surface area contributed by atoms with Crippen LogP contribution < -0.4 is 4.74 Å². The predicted molar refractivity (Wildman–Crippen MR) is 104 cm³/mol. The van der Waals surface area contributed by atoms with Gasteiger partial charge in [-0.1, -0.05) is 23.4 Å². The number of carbonyl (C=O) groups excluding carboxylic acids is 1. The molecule has 1 aromatic heterocycles. The monoisotopic (exact) mass is 401 g/mol. The number of hydrogen-bond donors (Lipinski definition) is 0. The molecule has 26 heavy (non-hydrogen) atoms. The summed E-state index contributed by atoms with van der Waals surface area (Å²) in [5, 5.41) is 0.993. The average Bonchev–Trinajstić information content (AvgIpc) is 2.57. The van der Waals surface area contributed by atoms with Gasteiger partial charge in [0.15, 0.2) is 5.16 Å². The lowest BCUT2D eigenvalue weighted by atomic mass is 9.94. The maximum atomic E-state index is 12.2. The highest BCUT2D eigenvalue weighted by Crippen LogP contribution is 2.23. The van der Waals surface area contributed by atoms with Gasteiger partial charge in [-0.2, -0.15) is 4.98 Å². The fourth-order valence-electron chi connectivity index (χ4n) is 2.88. The normalized spacial score (nSPS) is 17.9. The Bertz CT molecular complexity index is 610. The highest BCUT2D eigenvalue weighted by atomic mass is 35.5. The minimum atomic E-state index is -0.452. The third-order valence-corrected chi connectivity index (χ3v) is 4.75. The number of halogens is 1. The van der Waals surface area contributed by atoms with Gasteiger partial charge in [0, 0.05) is 19.2 Å². The molecule has 146 valence electrons. The highest BCUT2D eigenvalue weighted by Gasteiger charge is 2.27. The number of likely N-dealkylation sites (tertiary alicyclic amines) is 1. The van der Waals surface area contributed by atoms with Gasteiger partial charge in [0.05, 0.1) is 6.61 Å². The van der Waals surface area contributed by atoms with Crippen LogP contribution in [0.2, 0.25) is 5.15 Å². The Labute approximate surface area is 165 Å². The van der Waals surface area contributed by atoms with Gasteiger partial charge in [-0.15, -0.1) is 0 Å². The van der Waals surface area contributed by atoms with Gasteiger partial charge >= 0.3 is 6.09 Å². The number of rotatable bonds is 6. The quantitative estimate of drug-likeness (QED) is 0.299. The molecule has 6 nitrogen and oxygen atoms in total. The van der Waals surface area contributed by atoms with Crippen molar-refractivity contribution in [3.63, 3.8) is 0 Å². The van der Waals surface area contributed by atoms with Crippen molar-refractivity contribution in [3.05, 3.63) is 11.2 Å². The van der Waals surface area contributed by atoms with Crippen molar-refractivity contribution in [1.29, 1.82) is 0 Å². The molecule has 0 saturated carbocycles. The molecule has 1 atom stereocenters. The number of piperidine rings is 1. The lowest BCUT2D eigenvalue weighted by Gasteiger charge is -2.34. The Morgan fingerprint density at radius 3 is 2.88 bits per heavy atom. The van der Waals surface area contributed by atoms with Crippen molar-refractivity contribution in [2.24, 2.45) is 5.92 Å². The number of nitrogens with zero attached hydrogens (tertiary/aromatic N) is 3. The number of ether oxygens (including phenoxy) is 2. The predicted octanol–water partition coefficient (Wildman–Crippen LogP) is 4.66. The number of carbonyl (C=O) groups is 1. The van der Waals surface area contributed by atoms with Gasteiger partial charge in [-0.25, -0.2) is 9.78 Å². The van der Waals surface area contributed by atoms with E-state index in [1.807, 2.05) is 31.9 Å². The molecule has 0 aliphatic carbocycles. The van der Waals surface area contributed by atoms with E-state index in [9.17, 15) is 4.79 Å². The summed E-state index contributed by atoms with van der Waals surface area (Å²) in [7, 11) is 0. The zero-order valence-electron chi connectivity index (χ0n) is 16.0. The summed E-state index contributed by atoms with van der Waals surface area (Å²) in [6.07, 6.45) is 5.75. The SMILES string of the molecule is CSc1nc(Cl)cc(OCCC[C@@H]2CCCN(C(=O)OC(C)(C)C)C2)n1. The fraction of sp³-hybridized carbons (Fsp3) is 0.722. The summed E-state index contributed by atoms with van der Waals surface area (Å²) in [5.74, 6) is 0.990. The smallest absolute Gasteiger partial charge is 0.410 e. The second-order valence-electron chi connectivity index (χ2n) is 7.44. The molecule has 0 aromatic carbocycles. The van der Waals surface area contributed by atoms with Crippen LogP contribution in [0.25, 0.3) is 0 Å². The lowest BCUT2D eigenvalue weighted by Crippen LogP contribution is -2.42. The van der Waals surface area contributed by atoms with Crippen molar-refractivity contribution in [3.8, 4) is 5.88 Å². The Morgan fingerprint density at radius 1 is 1.42 bits per heavy atom. The van der Waals surface area contributed by atoms with Crippen LogP contribution in [0.5, 0.6) is 5.88 Å². The van der Waals surface area contributed by atoms with Gasteiger partial charge in [-0.05, 0) is 58.6 Å².